The zero-order chi connectivity index (χ0) is 14.4. The number of thiophene rings is 1. The van der Waals surface area contributed by atoms with Gasteiger partial charge < -0.3 is 10.4 Å². The van der Waals surface area contributed by atoms with Crippen LogP contribution in [0.3, 0.4) is 0 Å². The van der Waals surface area contributed by atoms with Crippen LogP contribution in [0, 0.1) is 18.8 Å². The van der Waals surface area contributed by atoms with Crippen molar-refractivity contribution in [2.24, 2.45) is 0 Å². The lowest BCUT2D eigenvalue weighted by Gasteiger charge is -2.07. The van der Waals surface area contributed by atoms with Crippen molar-refractivity contribution >= 4 is 17.2 Å². The second-order valence-electron chi connectivity index (χ2n) is 4.27. The second kappa shape index (κ2) is 6.90. The molecule has 102 valence electrons. The molecule has 1 amide bonds. The standard InChI is InChI=1S/C16H15NO2S/c1-12-10-20-11-15(12)16(19)17-9-14-6-3-2-5-13(14)7-4-8-18/h2-3,5-6,10-11,18H,8-9H2,1H3,(H,17,19). The van der Waals surface area contributed by atoms with Crippen molar-refractivity contribution in [2.75, 3.05) is 6.61 Å². The molecule has 2 aromatic rings. The van der Waals surface area contributed by atoms with E-state index in [1.165, 1.54) is 11.3 Å². The molecule has 0 radical (unpaired) electrons. The van der Waals surface area contributed by atoms with E-state index in [2.05, 4.69) is 17.2 Å². The van der Waals surface area contributed by atoms with Crippen molar-refractivity contribution < 1.29 is 9.90 Å². The van der Waals surface area contributed by atoms with Gasteiger partial charge in [0.2, 0.25) is 0 Å². The number of rotatable bonds is 3. The van der Waals surface area contributed by atoms with E-state index in [0.717, 1.165) is 16.7 Å². The Morgan fingerprint density at radius 3 is 2.85 bits per heavy atom. The summed E-state index contributed by atoms with van der Waals surface area (Å²) in [5.74, 6) is 5.43. The Morgan fingerprint density at radius 2 is 2.15 bits per heavy atom. The van der Waals surface area contributed by atoms with Gasteiger partial charge in [-0.25, -0.2) is 0 Å². The lowest BCUT2D eigenvalue weighted by atomic mass is 10.1. The Kier molecular flexibility index (Phi) is 4.94. The quantitative estimate of drug-likeness (QED) is 0.850. The minimum Gasteiger partial charge on any atom is -0.384 e. The Balaban J connectivity index is 2.08. The maximum atomic E-state index is 12.0. The van der Waals surface area contributed by atoms with Gasteiger partial charge >= 0.3 is 0 Å². The Morgan fingerprint density at radius 1 is 1.35 bits per heavy atom. The molecule has 0 saturated carbocycles. The van der Waals surface area contributed by atoms with E-state index < -0.39 is 0 Å². The lowest BCUT2D eigenvalue weighted by Crippen LogP contribution is -2.23. The van der Waals surface area contributed by atoms with Gasteiger partial charge in [-0.1, -0.05) is 30.0 Å². The predicted octanol–water partition coefficient (Wildman–Crippen LogP) is 2.33. The first-order valence-corrected chi connectivity index (χ1v) is 7.15. The van der Waals surface area contributed by atoms with Crippen LogP contribution in [0.4, 0.5) is 0 Å². The smallest absolute Gasteiger partial charge is 0.252 e. The number of aliphatic hydroxyl groups is 1. The van der Waals surface area contributed by atoms with Gasteiger partial charge in [-0.15, -0.1) is 0 Å². The molecule has 0 fully saturated rings. The highest BCUT2D eigenvalue weighted by Crippen LogP contribution is 2.14. The predicted molar refractivity (Wildman–Crippen MR) is 80.6 cm³/mol. The first kappa shape index (κ1) is 14.3. The highest BCUT2D eigenvalue weighted by molar-refractivity contribution is 7.08. The number of aryl methyl sites for hydroxylation is 1. The molecule has 1 aromatic heterocycles. The molecule has 0 spiro atoms. The number of benzene rings is 1. The van der Waals surface area contributed by atoms with E-state index >= 15 is 0 Å². The van der Waals surface area contributed by atoms with Gasteiger partial charge in [0.25, 0.3) is 5.91 Å². The molecule has 1 heterocycles. The summed E-state index contributed by atoms with van der Waals surface area (Å²) in [5, 5.41) is 15.4. The fourth-order valence-corrected chi connectivity index (χ4v) is 2.62. The maximum absolute atomic E-state index is 12.0. The highest BCUT2D eigenvalue weighted by Gasteiger charge is 2.09. The summed E-state index contributed by atoms with van der Waals surface area (Å²) in [6.07, 6.45) is 0. The third-order valence-corrected chi connectivity index (χ3v) is 3.72. The molecule has 0 aliphatic rings. The van der Waals surface area contributed by atoms with E-state index in [9.17, 15) is 4.79 Å². The summed E-state index contributed by atoms with van der Waals surface area (Å²) in [6.45, 7) is 2.17. The molecule has 2 N–H and O–H groups in total. The average Bonchev–Trinajstić information content (AvgIpc) is 2.89. The topological polar surface area (TPSA) is 49.3 Å². The summed E-state index contributed by atoms with van der Waals surface area (Å²) in [4.78, 5) is 12.0. The van der Waals surface area contributed by atoms with Crippen LogP contribution >= 0.6 is 11.3 Å². The van der Waals surface area contributed by atoms with Crippen molar-refractivity contribution in [1.82, 2.24) is 5.32 Å². The Hall–Kier alpha value is -2.09. The number of carbonyl (C=O) groups excluding carboxylic acids is 1. The second-order valence-corrected chi connectivity index (χ2v) is 5.01. The third-order valence-electron chi connectivity index (χ3n) is 2.86. The number of carbonyl (C=O) groups is 1. The zero-order valence-corrected chi connectivity index (χ0v) is 12.0. The molecule has 2 rings (SSSR count). The third kappa shape index (κ3) is 3.47. The Labute approximate surface area is 122 Å². The number of amides is 1. The minimum atomic E-state index is -0.172. The molecule has 0 aliphatic heterocycles. The van der Waals surface area contributed by atoms with Crippen molar-refractivity contribution in [3.63, 3.8) is 0 Å². The Bertz CT molecular complexity index is 664. The van der Waals surface area contributed by atoms with Crippen LogP contribution in [0.15, 0.2) is 35.0 Å². The first-order valence-electron chi connectivity index (χ1n) is 6.21. The fraction of sp³-hybridized carbons (Fsp3) is 0.188. The molecule has 1 aromatic carbocycles. The first-order chi connectivity index (χ1) is 9.72. The molecule has 0 aliphatic carbocycles. The normalized spacial score (nSPS) is 9.70. The van der Waals surface area contributed by atoms with Crippen molar-refractivity contribution in [2.45, 2.75) is 13.5 Å². The van der Waals surface area contributed by atoms with E-state index in [4.69, 9.17) is 5.11 Å². The van der Waals surface area contributed by atoms with Crippen molar-refractivity contribution in [3.8, 4) is 11.8 Å². The number of hydrogen-bond acceptors (Lipinski definition) is 3. The van der Waals surface area contributed by atoms with Gasteiger partial charge in [-0.05, 0) is 29.5 Å². The SMILES string of the molecule is Cc1cscc1C(=O)NCc1ccccc1C#CCO. The number of hydrogen-bond donors (Lipinski definition) is 2. The van der Waals surface area contributed by atoms with Crippen LogP contribution in [0.25, 0.3) is 0 Å². The van der Waals surface area contributed by atoms with Crippen LogP contribution in [0.2, 0.25) is 0 Å². The summed E-state index contributed by atoms with van der Waals surface area (Å²) in [5.41, 5.74) is 3.47. The van der Waals surface area contributed by atoms with Crippen LogP contribution < -0.4 is 5.32 Å². The molecule has 0 unspecified atom stereocenters. The largest absolute Gasteiger partial charge is 0.384 e. The molecule has 3 nitrogen and oxygen atoms in total. The number of nitrogens with one attached hydrogen (secondary N) is 1. The van der Waals surface area contributed by atoms with Gasteiger partial charge in [0, 0.05) is 17.5 Å². The number of aliphatic hydroxyl groups excluding tert-OH is 1. The van der Waals surface area contributed by atoms with Crippen LogP contribution in [-0.4, -0.2) is 17.6 Å². The molecule has 0 atom stereocenters. The fourth-order valence-electron chi connectivity index (χ4n) is 1.80. The average molecular weight is 285 g/mol. The summed E-state index contributed by atoms with van der Waals surface area (Å²) < 4.78 is 0. The van der Waals surface area contributed by atoms with Crippen LogP contribution in [-0.2, 0) is 6.54 Å². The molecule has 0 saturated heterocycles. The van der Waals surface area contributed by atoms with Gasteiger partial charge in [-0.2, -0.15) is 11.3 Å². The lowest BCUT2D eigenvalue weighted by molar-refractivity contribution is 0.0951. The monoisotopic (exact) mass is 285 g/mol. The molecular weight excluding hydrogens is 270 g/mol. The molecule has 20 heavy (non-hydrogen) atoms. The van der Waals surface area contributed by atoms with Gasteiger partial charge in [0.15, 0.2) is 0 Å². The minimum absolute atomic E-state index is 0.0753. The van der Waals surface area contributed by atoms with E-state index in [1.54, 1.807) is 0 Å². The van der Waals surface area contributed by atoms with E-state index in [0.29, 0.717) is 12.1 Å². The summed E-state index contributed by atoms with van der Waals surface area (Å²) in [7, 11) is 0. The van der Waals surface area contributed by atoms with Gasteiger partial charge in [-0.3, -0.25) is 4.79 Å². The molecule has 4 heteroatoms. The molecular formula is C16H15NO2S. The van der Waals surface area contributed by atoms with Crippen LogP contribution in [0.1, 0.15) is 27.0 Å². The summed E-state index contributed by atoms with van der Waals surface area (Å²) in [6, 6.07) is 7.58. The van der Waals surface area contributed by atoms with Gasteiger partial charge in [0.1, 0.15) is 6.61 Å². The van der Waals surface area contributed by atoms with Crippen molar-refractivity contribution in [1.29, 1.82) is 0 Å². The van der Waals surface area contributed by atoms with Crippen molar-refractivity contribution in [3.05, 3.63) is 57.3 Å². The van der Waals surface area contributed by atoms with Gasteiger partial charge in [0.05, 0.1) is 5.56 Å². The molecule has 0 bridgehead atoms. The van der Waals surface area contributed by atoms with E-state index in [1.807, 2.05) is 41.9 Å². The van der Waals surface area contributed by atoms with E-state index in [-0.39, 0.29) is 12.5 Å². The summed E-state index contributed by atoms with van der Waals surface area (Å²) >= 11 is 1.52. The van der Waals surface area contributed by atoms with Crippen LogP contribution in [0.5, 0.6) is 0 Å². The zero-order valence-electron chi connectivity index (χ0n) is 11.1. The highest BCUT2D eigenvalue weighted by atomic mass is 32.1. The maximum Gasteiger partial charge on any atom is 0.252 e.